The summed E-state index contributed by atoms with van der Waals surface area (Å²) in [4.78, 5) is 11.1. The molecule has 0 heterocycles. The van der Waals surface area contributed by atoms with Crippen molar-refractivity contribution in [1.29, 1.82) is 0 Å². The van der Waals surface area contributed by atoms with Gasteiger partial charge in [0, 0.05) is 24.2 Å². The summed E-state index contributed by atoms with van der Waals surface area (Å²) in [6, 6.07) is 0.612. The first-order valence-electron chi connectivity index (χ1n) is 5.75. The molecule has 0 bridgehead atoms. The Morgan fingerprint density at radius 3 is 2.71 bits per heavy atom. The van der Waals surface area contributed by atoms with E-state index in [0.717, 1.165) is 12.3 Å². The molecule has 0 aliphatic heterocycles. The number of carbonyl (C=O) groups is 1. The van der Waals surface area contributed by atoms with Gasteiger partial charge in [-0.2, -0.15) is 0 Å². The van der Waals surface area contributed by atoms with Gasteiger partial charge in [0.2, 0.25) is 0 Å². The van der Waals surface area contributed by atoms with Gasteiger partial charge in [0.05, 0.1) is 0 Å². The van der Waals surface area contributed by atoms with E-state index in [2.05, 4.69) is 12.2 Å². The molecule has 2 rings (SSSR count). The van der Waals surface area contributed by atoms with Crippen LogP contribution in [0.5, 0.6) is 0 Å². The number of allylic oxidation sites excluding steroid dienone is 2. The molecule has 2 atom stereocenters. The molecule has 1 saturated carbocycles. The quantitative estimate of drug-likeness (QED) is 0.729. The Bertz CT molecular complexity index is 257. The van der Waals surface area contributed by atoms with E-state index < -0.39 is 0 Å². The zero-order valence-electron chi connectivity index (χ0n) is 8.88. The van der Waals surface area contributed by atoms with Crippen LogP contribution in [0.25, 0.3) is 0 Å². The van der Waals surface area contributed by atoms with Crippen LogP contribution in [0.1, 0.15) is 45.4 Å². The number of ketones is 1. The molecule has 14 heavy (non-hydrogen) atoms. The third-order valence-electron chi connectivity index (χ3n) is 3.46. The van der Waals surface area contributed by atoms with Crippen LogP contribution in [0.15, 0.2) is 11.8 Å². The highest BCUT2D eigenvalue weighted by molar-refractivity contribution is 5.92. The van der Waals surface area contributed by atoms with Crippen LogP contribution in [0.4, 0.5) is 0 Å². The van der Waals surface area contributed by atoms with Crippen LogP contribution in [0, 0.1) is 5.92 Å². The van der Waals surface area contributed by atoms with Gasteiger partial charge in [0.25, 0.3) is 0 Å². The largest absolute Gasteiger partial charge is 0.385 e. The zero-order chi connectivity index (χ0) is 9.97. The number of nitrogens with one attached hydrogen (secondary N) is 1. The second kappa shape index (κ2) is 4.16. The van der Waals surface area contributed by atoms with E-state index in [4.69, 9.17) is 0 Å². The fourth-order valence-corrected chi connectivity index (χ4v) is 2.48. The maximum Gasteiger partial charge on any atom is 0.157 e. The molecule has 1 N–H and O–H groups in total. The van der Waals surface area contributed by atoms with Gasteiger partial charge in [0.1, 0.15) is 0 Å². The highest BCUT2D eigenvalue weighted by Gasteiger charge is 2.23. The molecule has 2 aliphatic carbocycles. The van der Waals surface area contributed by atoms with Crippen LogP contribution in [-0.4, -0.2) is 11.8 Å². The van der Waals surface area contributed by atoms with Crippen LogP contribution >= 0.6 is 0 Å². The summed E-state index contributed by atoms with van der Waals surface area (Å²) in [5.41, 5.74) is 1.17. The summed E-state index contributed by atoms with van der Waals surface area (Å²) in [5.74, 6) is 1.05. The zero-order valence-corrected chi connectivity index (χ0v) is 8.88. The minimum atomic E-state index is 0.288. The van der Waals surface area contributed by atoms with Crippen molar-refractivity contribution in [3.8, 4) is 0 Å². The summed E-state index contributed by atoms with van der Waals surface area (Å²) >= 11 is 0. The van der Waals surface area contributed by atoms with Crippen LogP contribution in [0.3, 0.4) is 0 Å². The molecule has 2 unspecified atom stereocenters. The van der Waals surface area contributed by atoms with Crippen molar-refractivity contribution >= 4 is 5.78 Å². The first-order chi connectivity index (χ1) is 6.75. The summed E-state index contributed by atoms with van der Waals surface area (Å²) in [5, 5.41) is 3.54. The van der Waals surface area contributed by atoms with Crippen molar-refractivity contribution in [3.63, 3.8) is 0 Å². The van der Waals surface area contributed by atoms with Crippen LogP contribution < -0.4 is 5.32 Å². The molecule has 0 radical (unpaired) electrons. The van der Waals surface area contributed by atoms with Crippen molar-refractivity contribution in [2.24, 2.45) is 5.92 Å². The summed E-state index contributed by atoms with van der Waals surface area (Å²) in [7, 11) is 0. The van der Waals surface area contributed by atoms with E-state index in [1.165, 1.54) is 31.4 Å². The van der Waals surface area contributed by atoms with Crippen molar-refractivity contribution in [2.45, 2.75) is 51.5 Å². The van der Waals surface area contributed by atoms with Gasteiger partial charge in [-0.15, -0.1) is 0 Å². The lowest BCUT2D eigenvalue weighted by Crippen LogP contribution is -2.36. The Hall–Kier alpha value is -0.790. The lowest BCUT2D eigenvalue weighted by atomic mass is 9.86. The van der Waals surface area contributed by atoms with Gasteiger partial charge in [-0.1, -0.05) is 19.8 Å². The van der Waals surface area contributed by atoms with E-state index in [1.54, 1.807) is 6.08 Å². The number of hydrogen-bond donors (Lipinski definition) is 1. The summed E-state index contributed by atoms with van der Waals surface area (Å²) < 4.78 is 0. The molecule has 0 aromatic rings. The van der Waals surface area contributed by atoms with E-state index >= 15 is 0 Å². The highest BCUT2D eigenvalue weighted by Crippen LogP contribution is 2.25. The molecular weight excluding hydrogens is 174 g/mol. The predicted molar refractivity (Wildman–Crippen MR) is 56.9 cm³/mol. The SMILES string of the molecule is CC1CCCCC1NC1=CC(=O)CC1. The van der Waals surface area contributed by atoms with E-state index in [-0.39, 0.29) is 5.78 Å². The van der Waals surface area contributed by atoms with E-state index in [9.17, 15) is 4.79 Å². The topological polar surface area (TPSA) is 29.1 Å². The molecule has 0 spiro atoms. The fourth-order valence-electron chi connectivity index (χ4n) is 2.48. The summed E-state index contributed by atoms with van der Waals surface area (Å²) in [6.45, 7) is 2.31. The molecule has 0 amide bonds. The Balaban J connectivity index is 1.89. The van der Waals surface area contributed by atoms with Crippen LogP contribution in [-0.2, 0) is 4.79 Å². The molecule has 2 heteroatoms. The second-order valence-electron chi connectivity index (χ2n) is 4.65. The molecule has 0 saturated heterocycles. The van der Waals surface area contributed by atoms with Crippen LogP contribution in [0.2, 0.25) is 0 Å². The van der Waals surface area contributed by atoms with Crippen molar-refractivity contribution in [2.75, 3.05) is 0 Å². The third kappa shape index (κ3) is 2.17. The van der Waals surface area contributed by atoms with Gasteiger partial charge in [-0.05, 0) is 25.2 Å². The second-order valence-corrected chi connectivity index (χ2v) is 4.65. The molecule has 2 aliphatic rings. The fraction of sp³-hybridized carbons (Fsp3) is 0.750. The molecule has 2 nitrogen and oxygen atoms in total. The molecule has 1 fully saturated rings. The standard InChI is InChI=1S/C12H19NO/c1-9-4-2-3-5-12(9)13-10-6-7-11(14)8-10/h8-9,12-13H,2-7H2,1H3. The normalized spacial score (nSPS) is 32.9. The summed E-state index contributed by atoms with van der Waals surface area (Å²) in [6.07, 6.45) is 8.75. The monoisotopic (exact) mass is 193 g/mol. The number of carbonyl (C=O) groups excluding carboxylic acids is 1. The minimum Gasteiger partial charge on any atom is -0.385 e. The first-order valence-corrected chi connectivity index (χ1v) is 5.75. The van der Waals surface area contributed by atoms with Gasteiger partial charge < -0.3 is 5.32 Å². The molecular formula is C12H19NO. The lowest BCUT2D eigenvalue weighted by Gasteiger charge is -2.30. The minimum absolute atomic E-state index is 0.288. The number of hydrogen-bond acceptors (Lipinski definition) is 2. The Morgan fingerprint density at radius 1 is 1.29 bits per heavy atom. The predicted octanol–water partition coefficient (Wildman–Crippen LogP) is 2.40. The maximum absolute atomic E-state index is 11.1. The first kappa shape index (κ1) is 9.75. The van der Waals surface area contributed by atoms with Crippen molar-refractivity contribution < 1.29 is 4.79 Å². The average molecular weight is 193 g/mol. The van der Waals surface area contributed by atoms with E-state index in [1.807, 2.05) is 0 Å². The molecule has 0 aromatic carbocycles. The lowest BCUT2D eigenvalue weighted by molar-refractivity contribution is -0.114. The maximum atomic E-state index is 11.1. The van der Waals surface area contributed by atoms with Gasteiger partial charge in [-0.25, -0.2) is 0 Å². The van der Waals surface area contributed by atoms with Crippen molar-refractivity contribution in [3.05, 3.63) is 11.8 Å². The Kier molecular flexibility index (Phi) is 2.90. The van der Waals surface area contributed by atoms with Gasteiger partial charge in [0.15, 0.2) is 5.78 Å². The molecule has 0 aromatic heterocycles. The van der Waals surface area contributed by atoms with E-state index in [0.29, 0.717) is 12.5 Å². The Morgan fingerprint density at radius 2 is 2.07 bits per heavy atom. The Labute approximate surface area is 85.8 Å². The third-order valence-corrected chi connectivity index (χ3v) is 3.46. The number of rotatable bonds is 2. The molecule has 78 valence electrons. The van der Waals surface area contributed by atoms with Gasteiger partial charge >= 0.3 is 0 Å². The van der Waals surface area contributed by atoms with Crippen molar-refractivity contribution in [1.82, 2.24) is 5.32 Å². The smallest absolute Gasteiger partial charge is 0.157 e. The van der Waals surface area contributed by atoms with Gasteiger partial charge in [-0.3, -0.25) is 4.79 Å². The average Bonchev–Trinajstić information content (AvgIpc) is 2.56. The highest BCUT2D eigenvalue weighted by atomic mass is 16.1.